The number of methoxy groups -OCH3 is 1. The van der Waals surface area contributed by atoms with E-state index in [0.717, 1.165) is 6.42 Å². The highest BCUT2D eigenvalue weighted by atomic mass is 16.7. The fraction of sp³-hybridized carbons (Fsp3) is 1.00. The maximum atomic E-state index is 10.4. The zero-order valence-corrected chi connectivity index (χ0v) is 20.2. The molecular formula is C25H48O6. The van der Waals surface area contributed by atoms with Gasteiger partial charge >= 0.3 is 0 Å². The van der Waals surface area contributed by atoms with Crippen molar-refractivity contribution in [3.8, 4) is 0 Å². The lowest BCUT2D eigenvalue weighted by Crippen LogP contribution is -2.63. The standard InChI is InChI=1S/C25H48O6/c1-4-5-6-7-8-9-10-11-12-13-14-15-16-17-19(2)24-29-18-20-23(31-24)21(26)22(27)25(28-3)30-20/h19-27H,4-18H2,1-3H3. The number of aliphatic hydroxyl groups is 2. The van der Waals surface area contributed by atoms with E-state index in [1.807, 2.05) is 0 Å². The summed E-state index contributed by atoms with van der Waals surface area (Å²) < 4.78 is 22.6. The van der Waals surface area contributed by atoms with Crippen LogP contribution in [0.25, 0.3) is 0 Å². The number of ether oxygens (including phenoxy) is 4. The lowest BCUT2D eigenvalue weighted by Gasteiger charge is -2.46. The third-order valence-electron chi connectivity index (χ3n) is 6.82. The number of aliphatic hydroxyl groups excluding tert-OH is 2. The van der Waals surface area contributed by atoms with Crippen LogP contribution in [0.5, 0.6) is 0 Å². The molecule has 0 aromatic carbocycles. The molecule has 0 aromatic heterocycles. The lowest BCUT2D eigenvalue weighted by molar-refractivity contribution is -0.362. The van der Waals surface area contributed by atoms with Gasteiger partial charge in [-0.3, -0.25) is 0 Å². The Morgan fingerprint density at radius 1 is 0.806 bits per heavy atom. The molecule has 2 aliphatic rings. The average molecular weight is 445 g/mol. The van der Waals surface area contributed by atoms with E-state index in [1.54, 1.807) is 0 Å². The smallest absolute Gasteiger partial charge is 0.186 e. The Bertz CT molecular complexity index is 446. The minimum atomic E-state index is -1.11. The van der Waals surface area contributed by atoms with Crippen molar-refractivity contribution in [3.05, 3.63) is 0 Å². The first-order valence-corrected chi connectivity index (χ1v) is 12.9. The first-order chi connectivity index (χ1) is 15.1. The van der Waals surface area contributed by atoms with Gasteiger partial charge in [-0.2, -0.15) is 0 Å². The molecule has 6 nitrogen and oxygen atoms in total. The van der Waals surface area contributed by atoms with Gasteiger partial charge in [0, 0.05) is 13.0 Å². The van der Waals surface area contributed by atoms with Crippen molar-refractivity contribution in [1.29, 1.82) is 0 Å². The highest BCUT2D eigenvalue weighted by Crippen LogP contribution is 2.31. The molecule has 0 aromatic rings. The molecule has 2 heterocycles. The first-order valence-electron chi connectivity index (χ1n) is 12.9. The van der Waals surface area contributed by atoms with Crippen molar-refractivity contribution in [2.24, 2.45) is 5.92 Å². The lowest BCUT2D eigenvalue weighted by atomic mass is 9.96. The molecule has 2 rings (SSSR count). The molecule has 7 unspecified atom stereocenters. The first kappa shape index (κ1) is 27.0. The summed E-state index contributed by atoms with van der Waals surface area (Å²) >= 11 is 0. The Hall–Kier alpha value is -0.240. The van der Waals surface area contributed by atoms with Gasteiger partial charge < -0.3 is 29.2 Å². The Morgan fingerprint density at radius 3 is 1.90 bits per heavy atom. The molecule has 2 saturated heterocycles. The number of hydrogen-bond acceptors (Lipinski definition) is 6. The van der Waals surface area contributed by atoms with Gasteiger partial charge in [-0.15, -0.1) is 0 Å². The minimum absolute atomic E-state index is 0.248. The molecule has 2 aliphatic heterocycles. The molecule has 7 atom stereocenters. The van der Waals surface area contributed by atoms with E-state index in [4.69, 9.17) is 18.9 Å². The summed E-state index contributed by atoms with van der Waals surface area (Å²) in [6, 6.07) is 0. The third kappa shape index (κ3) is 9.26. The van der Waals surface area contributed by atoms with Crippen LogP contribution in [0.2, 0.25) is 0 Å². The van der Waals surface area contributed by atoms with Gasteiger partial charge in [-0.05, 0) is 6.42 Å². The zero-order valence-electron chi connectivity index (χ0n) is 20.2. The monoisotopic (exact) mass is 444 g/mol. The van der Waals surface area contributed by atoms with Gasteiger partial charge in [0.1, 0.15) is 24.4 Å². The highest BCUT2D eigenvalue weighted by Gasteiger charge is 2.49. The number of rotatable bonds is 16. The second-order valence-electron chi connectivity index (χ2n) is 9.57. The van der Waals surface area contributed by atoms with Gasteiger partial charge in [0.2, 0.25) is 0 Å². The number of hydrogen-bond donors (Lipinski definition) is 2. The second kappa shape index (κ2) is 15.6. The van der Waals surface area contributed by atoms with Crippen LogP contribution < -0.4 is 0 Å². The third-order valence-corrected chi connectivity index (χ3v) is 6.82. The van der Waals surface area contributed by atoms with Gasteiger partial charge in [-0.1, -0.05) is 97.3 Å². The fourth-order valence-electron chi connectivity index (χ4n) is 4.71. The maximum Gasteiger partial charge on any atom is 0.186 e. The van der Waals surface area contributed by atoms with Gasteiger partial charge in [0.25, 0.3) is 0 Å². The molecule has 2 N–H and O–H groups in total. The predicted molar refractivity (Wildman–Crippen MR) is 122 cm³/mol. The van der Waals surface area contributed by atoms with Crippen LogP contribution in [0.4, 0.5) is 0 Å². The topological polar surface area (TPSA) is 77.4 Å². The molecule has 0 spiro atoms. The molecular weight excluding hydrogens is 396 g/mol. The molecule has 0 radical (unpaired) electrons. The maximum absolute atomic E-state index is 10.4. The molecule has 31 heavy (non-hydrogen) atoms. The van der Waals surface area contributed by atoms with Crippen LogP contribution in [-0.4, -0.2) is 60.9 Å². The minimum Gasteiger partial charge on any atom is -0.387 e. The van der Waals surface area contributed by atoms with E-state index >= 15 is 0 Å². The van der Waals surface area contributed by atoms with E-state index < -0.39 is 30.7 Å². The van der Waals surface area contributed by atoms with Crippen molar-refractivity contribution >= 4 is 0 Å². The molecule has 184 valence electrons. The molecule has 0 bridgehead atoms. The number of unbranched alkanes of at least 4 members (excludes halogenated alkanes) is 12. The van der Waals surface area contributed by atoms with Crippen molar-refractivity contribution in [2.75, 3.05) is 13.7 Å². The second-order valence-corrected chi connectivity index (χ2v) is 9.57. The zero-order chi connectivity index (χ0) is 22.5. The van der Waals surface area contributed by atoms with E-state index in [-0.39, 0.29) is 12.2 Å². The molecule has 0 aliphatic carbocycles. The number of fused-ring (bicyclic) bond motifs is 1. The SMILES string of the molecule is CCCCCCCCCCCCCCCC(C)C1OCC2OC(OC)C(O)C(O)C2O1. The fourth-order valence-corrected chi connectivity index (χ4v) is 4.71. The van der Waals surface area contributed by atoms with E-state index in [9.17, 15) is 10.2 Å². The normalized spacial score (nSPS) is 32.0. The van der Waals surface area contributed by atoms with E-state index in [1.165, 1.54) is 90.6 Å². The van der Waals surface area contributed by atoms with E-state index in [0.29, 0.717) is 6.61 Å². The van der Waals surface area contributed by atoms with Crippen molar-refractivity contribution in [2.45, 2.75) is 141 Å². The van der Waals surface area contributed by atoms with Crippen molar-refractivity contribution in [1.82, 2.24) is 0 Å². The molecule has 6 heteroatoms. The van der Waals surface area contributed by atoms with Gasteiger partial charge in [-0.25, -0.2) is 0 Å². The van der Waals surface area contributed by atoms with Gasteiger partial charge in [0.15, 0.2) is 12.6 Å². The predicted octanol–water partition coefficient (Wildman–Crippen LogP) is 4.94. The van der Waals surface area contributed by atoms with Gasteiger partial charge in [0.05, 0.1) is 6.61 Å². The Labute approximate surface area is 190 Å². The Kier molecular flexibility index (Phi) is 13.6. The van der Waals surface area contributed by atoms with Crippen LogP contribution in [0.3, 0.4) is 0 Å². The summed E-state index contributed by atoms with van der Waals surface area (Å²) in [6.45, 7) is 4.76. The van der Waals surface area contributed by atoms with Crippen LogP contribution in [0.15, 0.2) is 0 Å². The van der Waals surface area contributed by atoms with E-state index in [2.05, 4.69) is 13.8 Å². The molecule has 2 fully saturated rings. The quantitative estimate of drug-likeness (QED) is 0.328. The van der Waals surface area contributed by atoms with Crippen LogP contribution >= 0.6 is 0 Å². The summed E-state index contributed by atoms with van der Waals surface area (Å²) in [5, 5.41) is 20.5. The summed E-state index contributed by atoms with van der Waals surface area (Å²) in [6.07, 6.45) is 14.3. The summed E-state index contributed by atoms with van der Waals surface area (Å²) in [5.74, 6) is 0.248. The van der Waals surface area contributed by atoms with Crippen molar-refractivity contribution < 1.29 is 29.2 Å². The molecule has 0 amide bonds. The summed E-state index contributed by atoms with van der Waals surface area (Å²) in [5.41, 5.74) is 0. The van der Waals surface area contributed by atoms with Crippen LogP contribution in [-0.2, 0) is 18.9 Å². The molecule has 0 saturated carbocycles. The summed E-state index contributed by atoms with van der Waals surface area (Å²) in [4.78, 5) is 0. The Morgan fingerprint density at radius 2 is 1.35 bits per heavy atom. The highest BCUT2D eigenvalue weighted by molar-refractivity contribution is 4.92. The van der Waals surface area contributed by atoms with Crippen molar-refractivity contribution in [3.63, 3.8) is 0 Å². The largest absolute Gasteiger partial charge is 0.387 e. The van der Waals surface area contributed by atoms with Crippen LogP contribution in [0, 0.1) is 5.92 Å². The Balaban J connectivity index is 1.48. The van der Waals surface area contributed by atoms with Crippen LogP contribution in [0.1, 0.15) is 104 Å². The summed E-state index contributed by atoms with van der Waals surface area (Å²) in [7, 11) is 1.45. The average Bonchev–Trinajstić information content (AvgIpc) is 2.78.